The lowest BCUT2D eigenvalue weighted by Gasteiger charge is -2.12. The number of aryl methyl sites for hydroxylation is 1. The number of benzene rings is 3. The second-order valence-electron chi connectivity index (χ2n) is 6.33. The number of para-hydroxylation sites is 3. The van der Waals surface area contributed by atoms with E-state index in [1.807, 2.05) is 6.07 Å². The Morgan fingerprint density at radius 3 is 2.39 bits per heavy atom. The molecule has 2 N–H and O–H groups in total. The standard InChI is InChI=1S/C22H17N3O3/c1-14-23-18-7-3-2-6-17(18)22(28)25(14)16-12-10-15(11-13-16)21(27)24-19-8-4-5-9-20(19)26/h2-13,26H,1H3,(H,24,27). The summed E-state index contributed by atoms with van der Waals surface area (Å²) in [6.45, 7) is 1.77. The number of phenols is 1. The van der Waals surface area contributed by atoms with Crippen molar-refractivity contribution < 1.29 is 9.90 Å². The van der Waals surface area contributed by atoms with Crippen LogP contribution in [0.15, 0.2) is 77.6 Å². The van der Waals surface area contributed by atoms with Crippen LogP contribution in [0.2, 0.25) is 0 Å². The highest BCUT2D eigenvalue weighted by atomic mass is 16.3. The normalized spacial score (nSPS) is 10.8. The van der Waals surface area contributed by atoms with Gasteiger partial charge in [0.1, 0.15) is 11.6 Å². The van der Waals surface area contributed by atoms with Gasteiger partial charge in [-0.1, -0.05) is 24.3 Å². The quantitative estimate of drug-likeness (QED) is 0.539. The molecule has 0 spiro atoms. The largest absolute Gasteiger partial charge is 0.506 e. The van der Waals surface area contributed by atoms with Crippen LogP contribution >= 0.6 is 0 Å². The van der Waals surface area contributed by atoms with Gasteiger partial charge in [-0.25, -0.2) is 4.98 Å². The van der Waals surface area contributed by atoms with Crippen molar-refractivity contribution in [1.29, 1.82) is 0 Å². The summed E-state index contributed by atoms with van der Waals surface area (Å²) in [6, 6.07) is 20.4. The highest BCUT2D eigenvalue weighted by Gasteiger charge is 2.12. The Bertz CT molecular complexity index is 1240. The van der Waals surface area contributed by atoms with Gasteiger partial charge in [0.2, 0.25) is 0 Å². The van der Waals surface area contributed by atoms with Gasteiger partial charge in [0.25, 0.3) is 11.5 Å². The molecule has 0 saturated carbocycles. The van der Waals surface area contributed by atoms with E-state index in [1.165, 1.54) is 10.6 Å². The van der Waals surface area contributed by atoms with E-state index in [-0.39, 0.29) is 17.2 Å². The number of fused-ring (bicyclic) bond motifs is 1. The van der Waals surface area contributed by atoms with E-state index in [4.69, 9.17) is 0 Å². The van der Waals surface area contributed by atoms with Gasteiger partial charge >= 0.3 is 0 Å². The average molecular weight is 371 g/mol. The zero-order valence-electron chi connectivity index (χ0n) is 15.1. The SMILES string of the molecule is Cc1nc2ccccc2c(=O)n1-c1ccc(C(=O)Nc2ccccc2O)cc1. The van der Waals surface area contributed by atoms with E-state index >= 15 is 0 Å². The summed E-state index contributed by atoms with van der Waals surface area (Å²) in [5.74, 6) is 0.209. The highest BCUT2D eigenvalue weighted by molar-refractivity contribution is 6.05. The zero-order chi connectivity index (χ0) is 19.7. The molecule has 0 aliphatic carbocycles. The van der Waals surface area contributed by atoms with Crippen LogP contribution in [0, 0.1) is 6.92 Å². The number of hydrogen-bond acceptors (Lipinski definition) is 4. The number of carbonyl (C=O) groups excluding carboxylic acids is 1. The van der Waals surface area contributed by atoms with Crippen molar-refractivity contribution in [2.45, 2.75) is 6.92 Å². The first kappa shape index (κ1) is 17.5. The van der Waals surface area contributed by atoms with Crippen molar-refractivity contribution in [3.8, 4) is 11.4 Å². The molecule has 0 fully saturated rings. The summed E-state index contributed by atoms with van der Waals surface area (Å²) >= 11 is 0. The molecule has 0 bridgehead atoms. The summed E-state index contributed by atoms with van der Waals surface area (Å²) in [5, 5.41) is 13.0. The van der Waals surface area contributed by atoms with Gasteiger partial charge in [-0.15, -0.1) is 0 Å². The van der Waals surface area contributed by atoms with Gasteiger partial charge in [-0.3, -0.25) is 14.2 Å². The molecule has 1 aromatic heterocycles. The molecule has 0 radical (unpaired) electrons. The Morgan fingerprint density at radius 2 is 1.64 bits per heavy atom. The van der Waals surface area contributed by atoms with Gasteiger partial charge in [0, 0.05) is 5.56 Å². The predicted molar refractivity (Wildman–Crippen MR) is 108 cm³/mol. The minimum atomic E-state index is -0.353. The summed E-state index contributed by atoms with van der Waals surface area (Å²) in [5.41, 5.74) is 1.86. The fraction of sp³-hybridized carbons (Fsp3) is 0.0455. The average Bonchev–Trinajstić information content (AvgIpc) is 2.70. The molecule has 0 atom stereocenters. The second kappa shape index (κ2) is 7.00. The number of aromatic nitrogens is 2. The number of carbonyl (C=O) groups is 1. The van der Waals surface area contributed by atoms with Gasteiger partial charge in [0.05, 0.1) is 22.3 Å². The Labute approximate surface area is 160 Å². The predicted octanol–water partition coefficient (Wildman–Crippen LogP) is 3.65. The molecule has 0 saturated heterocycles. The molecule has 4 rings (SSSR count). The van der Waals surface area contributed by atoms with Crippen molar-refractivity contribution in [3.05, 3.63) is 94.5 Å². The van der Waals surface area contributed by atoms with E-state index in [0.717, 1.165) is 0 Å². The molecule has 6 nitrogen and oxygen atoms in total. The zero-order valence-corrected chi connectivity index (χ0v) is 15.1. The minimum Gasteiger partial charge on any atom is -0.506 e. The summed E-state index contributed by atoms with van der Waals surface area (Å²) in [4.78, 5) is 29.8. The fourth-order valence-electron chi connectivity index (χ4n) is 3.08. The third-order valence-electron chi connectivity index (χ3n) is 4.48. The van der Waals surface area contributed by atoms with Crippen LogP contribution in [-0.4, -0.2) is 20.6 Å². The summed E-state index contributed by atoms with van der Waals surface area (Å²) < 4.78 is 1.52. The Kier molecular flexibility index (Phi) is 4.37. The number of anilines is 1. The van der Waals surface area contributed by atoms with Crippen molar-refractivity contribution in [2.75, 3.05) is 5.32 Å². The molecule has 0 aliphatic rings. The van der Waals surface area contributed by atoms with Gasteiger partial charge in [0.15, 0.2) is 0 Å². The van der Waals surface area contributed by atoms with Crippen LogP contribution in [-0.2, 0) is 0 Å². The third-order valence-corrected chi connectivity index (χ3v) is 4.48. The monoisotopic (exact) mass is 371 g/mol. The maximum absolute atomic E-state index is 12.9. The lowest BCUT2D eigenvalue weighted by molar-refractivity contribution is 0.102. The van der Waals surface area contributed by atoms with E-state index < -0.39 is 0 Å². The number of nitrogens with one attached hydrogen (secondary N) is 1. The van der Waals surface area contributed by atoms with Crippen LogP contribution < -0.4 is 10.9 Å². The summed E-state index contributed by atoms with van der Waals surface area (Å²) in [6.07, 6.45) is 0. The van der Waals surface area contributed by atoms with Crippen molar-refractivity contribution in [3.63, 3.8) is 0 Å². The molecule has 1 heterocycles. The lowest BCUT2D eigenvalue weighted by atomic mass is 10.1. The van der Waals surface area contributed by atoms with E-state index in [9.17, 15) is 14.7 Å². The molecule has 6 heteroatoms. The number of amides is 1. The fourth-order valence-corrected chi connectivity index (χ4v) is 3.08. The number of rotatable bonds is 3. The molecule has 1 amide bonds. The topological polar surface area (TPSA) is 84.2 Å². The molecular formula is C22H17N3O3. The maximum Gasteiger partial charge on any atom is 0.265 e. The van der Waals surface area contributed by atoms with Crippen molar-refractivity contribution >= 4 is 22.5 Å². The molecule has 0 unspecified atom stereocenters. The lowest BCUT2D eigenvalue weighted by Crippen LogP contribution is -2.22. The summed E-state index contributed by atoms with van der Waals surface area (Å²) in [7, 11) is 0. The first-order valence-electron chi connectivity index (χ1n) is 8.73. The number of hydrogen-bond donors (Lipinski definition) is 2. The number of phenolic OH excluding ortho intramolecular Hbond substituents is 1. The minimum absolute atomic E-state index is 0.00288. The first-order chi connectivity index (χ1) is 13.5. The van der Waals surface area contributed by atoms with Crippen LogP contribution in [0.1, 0.15) is 16.2 Å². The molecule has 28 heavy (non-hydrogen) atoms. The third kappa shape index (κ3) is 3.12. The molecule has 4 aromatic rings. The number of aromatic hydroxyl groups is 1. The maximum atomic E-state index is 12.9. The molecule has 3 aromatic carbocycles. The molecule has 138 valence electrons. The van der Waals surface area contributed by atoms with Gasteiger partial charge < -0.3 is 10.4 Å². The molecule has 0 aliphatic heterocycles. The van der Waals surface area contributed by atoms with E-state index in [2.05, 4.69) is 10.3 Å². The van der Waals surface area contributed by atoms with Crippen LogP contribution in [0.3, 0.4) is 0 Å². The van der Waals surface area contributed by atoms with E-state index in [1.54, 1.807) is 67.6 Å². The Balaban J connectivity index is 1.67. The van der Waals surface area contributed by atoms with Crippen molar-refractivity contribution in [2.24, 2.45) is 0 Å². The van der Waals surface area contributed by atoms with E-state index in [0.29, 0.717) is 33.7 Å². The van der Waals surface area contributed by atoms with Crippen LogP contribution in [0.4, 0.5) is 5.69 Å². The van der Waals surface area contributed by atoms with Gasteiger partial charge in [-0.05, 0) is 55.5 Å². The number of nitrogens with zero attached hydrogens (tertiary/aromatic N) is 2. The Morgan fingerprint density at radius 1 is 0.964 bits per heavy atom. The van der Waals surface area contributed by atoms with Gasteiger partial charge in [-0.2, -0.15) is 0 Å². The highest BCUT2D eigenvalue weighted by Crippen LogP contribution is 2.22. The second-order valence-corrected chi connectivity index (χ2v) is 6.33. The van der Waals surface area contributed by atoms with Crippen molar-refractivity contribution in [1.82, 2.24) is 9.55 Å². The first-order valence-corrected chi connectivity index (χ1v) is 8.73. The van der Waals surface area contributed by atoms with Crippen LogP contribution in [0.5, 0.6) is 5.75 Å². The van der Waals surface area contributed by atoms with Crippen LogP contribution in [0.25, 0.3) is 16.6 Å². The molecular weight excluding hydrogens is 354 g/mol. The smallest absolute Gasteiger partial charge is 0.265 e. The Hall–Kier alpha value is -3.93.